The lowest BCUT2D eigenvalue weighted by Crippen LogP contribution is -2.37. The molecule has 0 radical (unpaired) electrons. The van der Waals surface area contributed by atoms with Gasteiger partial charge in [0.15, 0.2) is 0 Å². The molecule has 0 spiro atoms. The molecular weight excluding hydrogens is 274 g/mol. The fourth-order valence-electron chi connectivity index (χ4n) is 1.73. The topological polar surface area (TPSA) is 47.3 Å². The minimum absolute atomic E-state index is 0.0575. The van der Waals surface area contributed by atoms with E-state index in [9.17, 15) is 8.78 Å². The maximum atomic E-state index is 11.9. The maximum Gasteiger partial charge on any atom is 0.261 e. The van der Waals surface area contributed by atoms with Crippen molar-refractivity contribution in [1.29, 1.82) is 0 Å². The molecule has 1 unspecified atom stereocenters. The average molecular weight is 293 g/mol. The number of hydrazine groups is 1. The average Bonchev–Trinajstić information content (AvgIpc) is 2.35. The van der Waals surface area contributed by atoms with Crippen molar-refractivity contribution in [3.8, 4) is 0 Å². The van der Waals surface area contributed by atoms with E-state index in [1.165, 1.54) is 0 Å². The molecule has 3 nitrogen and oxygen atoms in total. The second-order valence-electron chi connectivity index (χ2n) is 4.42. The Balaban J connectivity index is 2.43. The number of alkyl halides is 2. The van der Waals surface area contributed by atoms with Gasteiger partial charge in [-0.25, -0.2) is 8.78 Å². The number of benzene rings is 1. The monoisotopic (exact) mass is 292 g/mol. The minimum atomic E-state index is -2.43. The molecule has 19 heavy (non-hydrogen) atoms. The number of ether oxygens (including phenoxy) is 1. The molecule has 0 bridgehead atoms. The molecule has 0 saturated carbocycles. The van der Waals surface area contributed by atoms with Crippen molar-refractivity contribution < 1.29 is 13.5 Å². The summed E-state index contributed by atoms with van der Waals surface area (Å²) in [6, 6.07) is 5.75. The summed E-state index contributed by atoms with van der Waals surface area (Å²) in [6.45, 7) is 1.66. The van der Waals surface area contributed by atoms with Gasteiger partial charge in [-0.2, -0.15) is 0 Å². The van der Waals surface area contributed by atoms with Gasteiger partial charge in [0.05, 0.1) is 0 Å². The SMILES string of the molecule is Cc1ccc(CC(CCOCC(F)F)NN)c(Cl)c1. The highest BCUT2D eigenvalue weighted by molar-refractivity contribution is 6.31. The summed E-state index contributed by atoms with van der Waals surface area (Å²) in [7, 11) is 0. The zero-order valence-electron chi connectivity index (χ0n) is 10.8. The van der Waals surface area contributed by atoms with Crippen LogP contribution in [0, 0.1) is 6.92 Å². The standard InChI is InChI=1S/C13H19ClF2N2O/c1-9-2-3-10(12(14)6-9)7-11(18-17)4-5-19-8-13(15)16/h2-3,6,11,13,18H,4-5,7-8,17H2,1H3. The summed E-state index contributed by atoms with van der Waals surface area (Å²) < 4.78 is 28.6. The Hall–Kier alpha value is -0.750. The number of hydrogen-bond acceptors (Lipinski definition) is 3. The Morgan fingerprint density at radius 3 is 2.74 bits per heavy atom. The molecule has 1 rings (SSSR count). The first-order chi connectivity index (χ1) is 9.02. The zero-order chi connectivity index (χ0) is 14.3. The van der Waals surface area contributed by atoms with E-state index < -0.39 is 13.0 Å². The van der Waals surface area contributed by atoms with E-state index in [-0.39, 0.29) is 12.6 Å². The number of rotatable bonds is 8. The van der Waals surface area contributed by atoms with Gasteiger partial charge in [-0.1, -0.05) is 23.7 Å². The van der Waals surface area contributed by atoms with Gasteiger partial charge in [-0.05, 0) is 37.0 Å². The molecule has 0 fully saturated rings. The lowest BCUT2D eigenvalue weighted by atomic mass is 10.0. The first-order valence-corrected chi connectivity index (χ1v) is 6.47. The molecular formula is C13H19ClF2N2O. The van der Waals surface area contributed by atoms with Gasteiger partial charge in [0.2, 0.25) is 0 Å². The van der Waals surface area contributed by atoms with Crippen molar-refractivity contribution in [3.05, 3.63) is 34.3 Å². The molecule has 0 saturated heterocycles. The second-order valence-corrected chi connectivity index (χ2v) is 4.82. The summed E-state index contributed by atoms with van der Waals surface area (Å²) >= 11 is 6.13. The van der Waals surface area contributed by atoms with Gasteiger partial charge in [-0.15, -0.1) is 0 Å². The maximum absolute atomic E-state index is 11.9. The summed E-state index contributed by atoms with van der Waals surface area (Å²) in [4.78, 5) is 0. The predicted octanol–water partition coefficient (Wildman–Crippen LogP) is 2.69. The van der Waals surface area contributed by atoms with Crippen LogP contribution in [0.4, 0.5) is 8.78 Å². The minimum Gasteiger partial charge on any atom is -0.375 e. The third-order valence-corrected chi connectivity index (χ3v) is 3.12. The Bertz CT molecular complexity index is 391. The molecule has 1 atom stereocenters. The molecule has 0 aromatic heterocycles. The van der Waals surface area contributed by atoms with Crippen LogP contribution in [-0.4, -0.2) is 25.7 Å². The van der Waals surface area contributed by atoms with E-state index in [1.54, 1.807) is 0 Å². The summed E-state index contributed by atoms with van der Waals surface area (Å²) in [5, 5.41) is 0.689. The molecule has 0 aliphatic carbocycles. The molecule has 0 aliphatic heterocycles. The number of aryl methyl sites for hydroxylation is 1. The molecule has 1 aromatic rings. The van der Waals surface area contributed by atoms with E-state index in [4.69, 9.17) is 22.2 Å². The van der Waals surface area contributed by atoms with E-state index in [0.29, 0.717) is 17.9 Å². The Labute approximate surface area is 117 Å². The first kappa shape index (κ1) is 16.3. The van der Waals surface area contributed by atoms with Crippen LogP contribution in [0.3, 0.4) is 0 Å². The van der Waals surface area contributed by atoms with E-state index in [0.717, 1.165) is 11.1 Å². The van der Waals surface area contributed by atoms with Crippen LogP contribution >= 0.6 is 11.6 Å². The number of nitrogens with one attached hydrogen (secondary N) is 1. The van der Waals surface area contributed by atoms with E-state index in [1.807, 2.05) is 25.1 Å². The quantitative estimate of drug-likeness (QED) is 0.440. The van der Waals surface area contributed by atoms with Crippen molar-refractivity contribution in [1.82, 2.24) is 5.43 Å². The third-order valence-electron chi connectivity index (χ3n) is 2.77. The number of nitrogens with two attached hydrogens (primary N) is 1. The fourth-order valence-corrected chi connectivity index (χ4v) is 2.04. The van der Waals surface area contributed by atoms with Crippen molar-refractivity contribution in [3.63, 3.8) is 0 Å². The van der Waals surface area contributed by atoms with Crippen LogP contribution in [0.1, 0.15) is 17.5 Å². The van der Waals surface area contributed by atoms with Gasteiger partial charge in [-0.3, -0.25) is 11.3 Å². The van der Waals surface area contributed by atoms with Gasteiger partial charge < -0.3 is 4.74 Å². The molecule has 3 N–H and O–H groups in total. The summed E-state index contributed by atoms with van der Waals surface area (Å²) in [5.41, 5.74) is 4.72. The van der Waals surface area contributed by atoms with E-state index in [2.05, 4.69) is 5.43 Å². The van der Waals surface area contributed by atoms with Gasteiger partial charge in [0.25, 0.3) is 6.43 Å². The molecule has 0 heterocycles. The molecule has 6 heteroatoms. The van der Waals surface area contributed by atoms with Crippen LogP contribution < -0.4 is 11.3 Å². The first-order valence-electron chi connectivity index (χ1n) is 6.10. The molecule has 0 aliphatic rings. The molecule has 0 amide bonds. The third kappa shape index (κ3) is 6.29. The summed E-state index contributed by atoms with van der Waals surface area (Å²) in [6.07, 6.45) is -1.25. The normalized spacial score (nSPS) is 12.9. The summed E-state index contributed by atoms with van der Waals surface area (Å²) in [5.74, 6) is 5.45. The van der Waals surface area contributed by atoms with Crippen molar-refractivity contribution >= 4 is 11.6 Å². The highest BCUT2D eigenvalue weighted by Gasteiger charge is 2.11. The highest BCUT2D eigenvalue weighted by Crippen LogP contribution is 2.19. The lowest BCUT2D eigenvalue weighted by Gasteiger charge is -2.17. The van der Waals surface area contributed by atoms with Crippen LogP contribution in [0.5, 0.6) is 0 Å². The van der Waals surface area contributed by atoms with Crippen molar-refractivity contribution in [2.45, 2.75) is 32.2 Å². The number of halogens is 3. The fraction of sp³-hybridized carbons (Fsp3) is 0.538. The zero-order valence-corrected chi connectivity index (χ0v) is 11.6. The predicted molar refractivity (Wildman–Crippen MR) is 72.4 cm³/mol. The van der Waals surface area contributed by atoms with Crippen LogP contribution in [-0.2, 0) is 11.2 Å². The Morgan fingerprint density at radius 1 is 1.42 bits per heavy atom. The molecule has 108 valence electrons. The Kier molecular flexibility index (Phi) is 7.23. The second kappa shape index (κ2) is 8.43. The number of hydrogen-bond donors (Lipinski definition) is 2. The van der Waals surface area contributed by atoms with Crippen LogP contribution in [0.25, 0.3) is 0 Å². The van der Waals surface area contributed by atoms with Gasteiger partial charge in [0.1, 0.15) is 6.61 Å². The van der Waals surface area contributed by atoms with Crippen LogP contribution in [0.2, 0.25) is 5.02 Å². The largest absolute Gasteiger partial charge is 0.375 e. The Morgan fingerprint density at radius 2 is 2.16 bits per heavy atom. The molecule has 1 aromatic carbocycles. The van der Waals surface area contributed by atoms with Gasteiger partial charge >= 0.3 is 0 Å². The van der Waals surface area contributed by atoms with Crippen molar-refractivity contribution in [2.75, 3.05) is 13.2 Å². The highest BCUT2D eigenvalue weighted by atomic mass is 35.5. The van der Waals surface area contributed by atoms with Crippen molar-refractivity contribution in [2.24, 2.45) is 5.84 Å². The smallest absolute Gasteiger partial charge is 0.261 e. The van der Waals surface area contributed by atoms with Crippen LogP contribution in [0.15, 0.2) is 18.2 Å². The van der Waals surface area contributed by atoms with E-state index >= 15 is 0 Å². The lowest BCUT2D eigenvalue weighted by molar-refractivity contribution is 0.0144. The van der Waals surface area contributed by atoms with Gasteiger partial charge in [0, 0.05) is 17.7 Å².